The molecule has 1 aliphatic heterocycles. The monoisotopic (exact) mass is 276 g/mol. The zero-order valence-corrected chi connectivity index (χ0v) is 11.8. The Bertz CT molecular complexity index is 540. The van der Waals surface area contributed by atoms with E-state index >= 15 is 0 Å². The smallest absolute Gasteiger partial charge is 0.335 e. The van der Waals surface area contributed by atoms with E-state index in [1.54, 1.807) is 23.1 Å². The molecular weight excluding hydrogens is 256 g/mol. The predicted molar refractivity (Wildman–Crippen MR) is 75.1 cm³/mol. The van der Waals surface area contributed by atoms with E-state index in [0.717, 1.165) is 11.1 Å². The van der Waals surface area contributed by atoms with Crippen LogP contribution in [-0.4, -0.2) is 27.9 Å². The van der Waals surface area contributed by atoms with Gasteiger partial charge in [-0.05, 0) is 35.6 Å². The molecule has 1 unspecified atom stereocenters. The summed E-state index contributed by atoms with van der Waals surface area (Å²) in [6, 6.07) is 4.51. The van der Waals surface area contributed by atoms with Gasteiger partial charge in [0.2, 0.25) is 5.91 Å². The lowest BCUT2D eigenvalue weighted by Crippen LogP contribution is -2.41. The molecule has 1 heterocycles. The van der Waals surface area contributed by atoms with Crippen molar-refractivity contribution in [3.05, 3.63) is 34.9 Å². The minimum absolute atomic E-state index is 0.0632. The number of hydrogen-bond donors (Lipinski definition) is 2. The highest BCUT2D eigenvalue weighted by Gasteiger charge is 2.27. The standard InChI is InChI=1S/C15H20N2O3/c1-9(2)5-13(16)14(18)17-7-11-4-3-10(15(19)20)6-12(11)8-17/h3-4,6,9,13H,5,7-8,16H2,1-2H3,(H,19,20). The largest absolute Gasteiger partial charge is 0.478 e. The van der Waals surface area contributed by atoms with Crippen molar-refractivity contribution in [3.8, 4) is 0 Å². The summed E-state index contributed by atoms with van der Waals surface area (Å²) in [5.41, 5.74) is 8.08. The molecular formula is C15H20N2O3. The molecule has 1 aromatic carbocycles. The highest BCUT2D eigenvalue weighted by molar-refractivity contribution is 5.88. The molecule has 0 spiro atoms. The summed E-state index contributed by atoms with van der Waals surface area (Å²) in [7, 11) is 0. The summed E-state index contributed by atoms with van der Waals surface area (Å²) in [5.74, 6) is -0.640. The van der Waals surface area contributed by atoms with E-state index < -0.39 is 12.0 Å². The lowest BCUT2D eigenvalue weighted by atomic mass is 10.0. The molecule has 5 nitrogen and oxygen atoms in total. The van der Waals surface area contributed by atoms with Crippen LogP contribution in [0.15, 0.2) is 18.2 Å². The lowest BCUT2D eigenvalue weighted by Gasteiger charge is -2.21. The summed E-state index contributed by atoms with van der Waals surface area (Å²) in [6.45, 7) is 5.02. The van der Waals surface area contributed by atoms with E-state index in [-0.39, 0.29) is 11.5 Å². The average Bonchev–Trinajstić information content (AvgIpc) is 2.79. The second kappa shape index (κ2) is 5.63. The number of rotatable bonds is 4. The van der Waals surface area contributed by atoms with E-state index in [4.69, 9.17) is 10.8 Å². The van der Waals surface area contributed by atoms with Gasteiger partial charge in [-0.3, -0.25) is 4.79 Å². The van der Waals surface area contributed by atoms with E-state index in [1.165, 1.54) is 0 Å². The van der Waals surface area contributed by atoms with Gasteiger partial charge in [-0.2, -0.15) is 0 Å². The molecule has 20 heavy (non-hydrogen) atoms. The second-order valence-corrected chi connectivity index (χ2v) is 5.72. The number of carbonyl (C=O) groups excluding carboxylic acids is 1. The highest BCUT2D eigenvalue weighted by atomic mass is 16.4. The maximum atomic E-state index is 12.3. The van der Waals surface area contributed by atoms with Crippen LogP contribution in [0.5, 0.6) is 0 Å². The Hall–Kier alpha value is -1.88. The Morgan fingerprint density at radius 2 is 1.95 bits per heavy atom. The summed E-state index contributed by atoms with van der Waals surface area (Å²) in [4.78, 5) is 24.9. The van der Waals surface area contributed by atoms with Gasteiger partial charge in [0.05, 0.1) is 11.6 Å². The number of fused-ring (bicyclic) bond motifs is 1. The van der Waals surface area contributed by atoms with Crippen LogP contribution < -0.4 is 5.73 Å². The minimum Gasteiger partial charge on any atom is -0.478 e. The third kappa shape index (κ3) is 2.99. The van der Waals surface area contributed by atoms with E-state index in [9.17, 15) is 9.59 Å². The molecule has 0 fully saturated rings. The topological polar surface area (TPSA) is 83.6 Å². The third-order valence-corrected chi connectivity index (χ3v) is 3.53. The lowest BCUT2D eigenvalue weighted by molar-refractivity contribution is -0.133. The predicted octanol–water partition coefficient (Wildman–Crippen LogP) is 1.60. The Labute approximate surface area is 118 Å². The quantitative estimate of drug-likeness (QED) is 0.875. The Kier molecular flexibility index (Phi) is 4.09. The zero-order chi connectivity index (χ0) is 14.9. The van der Waals surface area contributed by atoms with Gasteiger partial charge in [0.15, 0.2) is 0 Å². The molecule has 2 rings (SSSR count). The number of carboxylic acids is 1. The Morgan fingerprint density at radius 1 is 1.30 bits per heavy atom. The summed E-state index contributed by atoms with van der Waals surface area (Å²) >= 11 is 0. The second-order valence-electron chi connectivity index (χ2n) is 5.72. The van der Waals surface area contributed by atoms with Crippen LogP contribution in [0, 0.1) is 5.92 Å². The molecule has 1 aromatic rings. The van der Waals surface area contributed by atoms with Crippen LogP contribution in [0.25, 0.3) is 0 Å². The van der Waals surface area contributed by atoms with Crippen molar-refractivity contribution in [1.82, 2.24) is 4.90 Å². The summed E-state index contributed by atoms with van der Waals surface area (Å²) < 4.78 is 0. The molecule has 3 N–H and O–H groups in total. The average molecular weight is 276 g/mol. The fourth-order valence-corrected chi connectivity index (χ4v) is 2.53. The number of carbonyl (C=O) groups is 2. The Morgan fingerprint density at radius 3 is 2.55 bits per heavy atom. The zero-order valence-electron chi connectivity index (χ0n) is 11.8. The first-order valence-corrected chi connectivity index (χ1v) is 6.78. The van der Waals surface area contributed by atoms with Crippen LogP contribution in [-0.2, 0) is 17.9 Å². The van der Waals surface area contributed by atoms with Gasteiger partial charge in [-0.15, -0.1) is 0 Å². The van der Waals surface area contributed by atoms with Crippen LogP contribution in [0.2, 0.25) is 0 Å². The molecule has 5 heteroatoms. The molecule has 0 aliphatic carbocycles. The van der Waals surface area contributed by atoms with E-state index in [1.807, 2.05) is 13.8 Å². The molecule has 108 valence electrons. The van der Waals surface area contributed by atoms with Crippen molar-refractivity contribution in [2.45, 2.75) is 39.4 Å². The maximum Gasteiger partial charge on any atom is 0.335 e. The van der Waals surface area contributed by atoms with Crippen LogP contribution in [0.3, 0.4) is 0 Å². The first kappa shape index (κ1) is 14.5. The van der Waals surface area contributed by atoms with Crippen molar-refractivity contribution in [2.75, 3.05) is 0 Å². The third-order valence-electron chi connectivity index (χ3n) is 3.53. The van der Waals surface area contributed by atoms with Crippen molar-refractivity contribution in [1.29, 1.82) is 0 Å². The molecule has 0 saturated heterocycles. The molecule has 1 atom stereocenters. The molecule has 1 aliphatic rings. The minimum atomic E-state index is -0.950. The highest BCUT2D eigenvalue weighted by Crippen LogP contribution is 2.25. The molecule has 1 amide bonds. The van der Waals surface area contributed by atoms with Crippen molar-refractivity contribution < 1.29 is 14.7 Å². The van der Waals surface area contributed by atoms with Crippen LogP contribution in [0.1, 0.15) is 41.8 Å². The van der Waals surface area contributed by atoms with Gasteiger partial charge in [0.1, 0.15) is 0 Å². The van der Waals surface area contributed by atoms with Crippen LogP contribution in [0.4, 0.5) is 0 Å². The number of hydrogen-bond acceptors (Lipinski definition) is 3. The first-order valence-electron chi connectivity index (χ1n) is 6.78. The molecule has 0 bridgehead atoms. The van der Waals surface area contributed by atoms with E-state index in [2.05, 4.69) is 0 Å². The number of nitrogens with zero attached hydrogens (tertiary/aromatic N) is 1. The van der Waals surface area contributed by atoms with Gasteiger partial charge in [-0.25, -0.2) is 4.79 Å². The summed E-state index contributed by atoms with van der Waals surface area (Å²) in [5, 5.41) is 8.98. The van der Waals surface area contributed by atoms with Crippen LogP contribution >= 0.6 is 0 Å². The number of benzene rings is 1. The number of amides is 1. The van der Waals surface area contributed by atoms with Gasteiger partial charge in [0.25, 0.3) is 0 Å². The van der Waals surface area contributed by atoms with E-state index in [0.29, 0.717) is 25.4 Å². The molecule has 0 aromatic heterocycles. The maximum absolute atomic E-state index is 12.3. The SMILES string of the molecule is CC(C)CC(N)C(=O)N1Cc2ccc(C(=O)O)cc2C1. The number of aromatic carboxylic acids is 1. The Balaban J connectivity index is 2.09. The number of carboxylic acid groups (broad SMARTS) is 1. The van der Waals surface area contributed by atoms with Crippen molar-refractivity contribution in [2.24, 2.45) is 11.7 Å². The first-order chi connectivity index (χ1) is 9.38. The number of nitrogens with two attached hydrogens (primary N) is 1. The van der Waals surface area contributed by atoms with Gasteiger partial charge in [-0.1, -0.05) is 19.9 Å². The van der Waals surface area contributed by atoms with Crippen molar-refractivity contribution >= 4 is 11.9 Å². The summed E-state index contributed by atoms with van der Waals surface area (Å²) in [6.07, 6.45) is 0.659. The van der Waals surface area contributed by atoms with Crippen molar-refractivity contribution in [3.63, 3.8) is 0 Å². The normalized spacial score (nSPS) is 15.3. The molecule has 0 saturated carbocycles. The fourth-order valence-electron chi connectivity index (χ4n) is 2.53. The fraction of sp³-hybridized carbons (Fsp3) is 0.467. The van der Waals surface area contributed by atoms with Gasteiger partial charge < -0.3 is 15.7 Å². The van der Waals surface area contributed by atoms with Gasteiger partial charge in [0, 0.05) is 13.1 Å². The van der Waals surface area contributed by atoms with Gasteiger partial charge >= 0.3 is 5.97 Å². The molecule has 0 radical (unpaired) electrons.